The van der Waals surface area contributed by atoms with Gasteiger partial charge in [-0.3, -0.25) is 0 Å². The summed E-state index contributed by atoms with van der Waals surface area (Å²) in [6.07, 6.45) is 6.33. The van der Waals surface area contributed by atoms with Crippen LogP contribution in [0.1, 0.15) is 33.1 Å². The van der Waals surface area contributed by atoms with Gasteiger partial charge >= 0.3 is 0 Å². The first-order chi connectivity index (χ1) is 4.83. The predicted molar refractivity (Wildman–Crippen MR) is 43.0 cm³/mol. The van der Waals surface area contributed by atoms with Crippen molar-refractivity contribution < 1.29 is 4.74 Å². The minimum Gasteiger partial charge on any atom is -0.378 e. The Morgan fingerprint density at radius 3 is 3.00 bits per heavy atom. The fourth-order valence-corrected chi connectivity index (χ4v) is 1.28. The maximum Gasteiger partial charge on any atom is 0.0612 e. The molecule has 1 fully saturated rings. The molecule has 0 amide bonds. The van der Waals surface area contributed by atoms with Crippen molar-refractivity contribution in [1.29, 1.82) is 0 Å². The third kappa shape index (κ3) is 2.14. The van der Waals surface area contributed by atoms with Gasteiger partial charge in [-0.15, -0.1) is 0 Å². The fourth-order valence-electron chi connectivity index (χ4n) is 1.28. The number of allylic oxidation sites excluding steroid dienone is 1. The average molecular weight is 140 g/mol. The van der Waals surface area contributed by atoms with Gasteiger partial charge in [0.1, 0.15) is 0 Å². The van der Waals surface area contributed by atoms with Crippen molar-refractivity contribution in [3.8, 4) is 0 Å². The van der Waals surface area contributed by atoms with E-state index in [1.165, 1.54) is 18.4 Å². The Morgan fingerprint density at radius 1 is 1.70 bits per heavy atom. The molecule has 1 heterocycles. The van der Waals surface area contributed by atoms with Gasteiger partial charge in [0.05, 0.1) is 6.10 Å². The van der Waals surface area contributed by atoms with Crippen LogP contribution in [0.2, 0.25) is 0 Å². The topological polar surface area (TPSA) is 9.23 Å². The lowest BCUT2D eigenvalue weighted by atomic mass is 10.1. The zero-order valence-corrected chi connectivity index (χ0v) is 6.89. The van der Waals surface area contributed by atoms with Gasteiger partial charge in [-0.2, -0.15) is 0 Å². The minimum absolute atomic E-state index is 0.524. The van der Waals surface area contributed by atoms with Crippen LogP contribution in [0.4, 0.5) is 0 Å². The molecule has 0 saturated carbocycles. The average Bonchev–Trinajstić information content (AvgIpc) is 2.40. The van der Waals surface area contributed by atoms with Gasteiger partial charge in [0, 0.05) is 6.61 Å². The van der Waals surface area contributed by atoms with Gasteiger partial charge in [0.15, 0.2) is 0 Å². The monoisotopic (exact) mass is 140 g/mol. The Labute approximate surface area is 63.1 Å². The molecule has 1 aliphatic rings. The van der Waals surface area contributed by atoms with E-state index in [0.29, 0.717) is 6.10 Å². The molecular formula is C9H16O. The summed E-state index contributed by atoms with van der Waals surface area (Å²) in [5.41, 5.74) is 1.45. The van der Waals surface area contributed by atoms with Crippen LogP contribution in [0.25, 0.3) is 0 Å². The standard InChI is InChI=1S/C9H16O/c1-3-8(2)7-9-5-4-6-10-9/h3,9H,4-7H2,1-2H3. The van der Waals surface area contributed by atoms with E-state index in [4.69, 9.17) is 4.74 Å². The Bertz CT molecular complexity index is 121. The number of rotatable bonds is 2. The summed E-state index contributed by atoms with van der Waals surface area (Å²) in [5.74, 6) is 0. The molecule has 0 aromatic heterocycles. The molecule has 1 heteroatoms. The number of ether oxygens (including phenoxy) is 1. The molecule has 0 N–H and O–H groups in total. The van der Waals surface area contributed by atoms with E-state index >= 15 is 0 Å². The summed E-state index contributed by atoms with van der Waals surface area (Å²) in [7, 11) is 0. The van der Waals surface area contributed by atoms with Gasteiger partial charge < -0.3 is 4.74 Å². The molecule has 1 rings (SSSR count). The smallest absolute Gasteiger partial charge is 0.0612 e. The summed E-state index contributed by atoms with van der Waals surface area (Å²) in [6.45, 7) is 5.23. The van der Waals surface area contributed by atoms with Gasteiger partial charge in [0.25, 0.3) is 0 Å². The first kappa shape index (κ1) is 7.80. The fraction of sp³-hybridized carbons (Fsp3) is 0.778. The molecule has 58 valence electrons. The van der Waals surface area contributed by atoms with Crippen molar-refractivity contribution in [3.05, 3.63) is 11.6 Å². The molecule has 0 bridgehead atoms. The largest absolute Gasteiger partial charge is 0.378 e. The van der Waals surface area contributed by atoms with Crippen molar-refractivity contribution >= 4 is 0 Å². The Hall–Kier alpha value is -0.300. The van der Waals surface area contributed by atoms with Crippen LogP contribution in [-0.2, 0) is 4.74 Å². The van der Waals surface area contributed by atoms with Crippen LogP contribution < -0.4 is 0 Å². The normalized spacial score (nSPS) is 27.4. The highest BCUT2D eigenvalue weighted by Crippen LogP contribution is 2.18. The van der Waals surface area contributed by atoms with Crippen molar-refractivity contribution in [2.24, 2.45) is 0 Å². The maximum atomic E-state index is 5.48. The lowest BCUT2D eigenvalue weighted by Crippen LogP contribution is -2.04. The van der Waals surface area contributed by atoms with Crippen molar-refractivity contribution in [1.82, 2.24) is 0 Å². The van der Waals surface area contributed by atoms with E-state index in [2.05, 4.69) is 19.9 Å². The molecule has 0 radical (unpaired) electrons. The minimum atomic E-state index is 0.524. The molecular weight excluding hydrogens is 124 g/mol. The molecule has 0 aromatic carbocycles. The van der Waals surface area contributed by atoms with Gasteiger partial charge in [-0.25, -0.2) is 0 Å². The molecule has 0 spiro atoms. The van der Waals surface area contributed by atoms with E-state index in [9.17, 15) is 0 Å². The highest BCUT2D eigenvalue weighted by Gasteiger charge is 2.14. The molecule has 10 heavy (non-hydrogen) atoms. The Morgan fingerprint density at radius 2 is 2.50 bits per heavy atom. The maximum absolute atomic E-state index is 5.48. The molecule has 1 atom stereocenters. The highest BCUT2D eigenvalue weighted by atomic mass is 16.5. The van der Waals surface area contributed by atoms with E-state index in [1.54, 1.807) is 0 Å². The van der Waals surface area contributed by atoms with Gasteiger partial charge in [-0.05, 0) is 33.1 Å². The zero-order chi connectivity index (χ0) is 7.40. The van der Waals surface area contributed by atoms with Crippen molar-refractivity contribution in [3.63, 3.8) is 0 Å². The second kappa shape index (κ2) is 3.77. The summed E-state index contributed by atoms with van der Waals surface area (Å²) in [5, 5.41) is 0. The number of hydrogen-bond acceptors (Lipinski definition) is 1. The molecule has 0 aliphatic carbocycles. The summed E-state index contributed by atoms with van der Waals surface area (Å²) >= 11 is 0. The lowest BCUT2D eigenvalue weighted by molar-refractivity contribution is 0.111. The summed E-state index contributed by atoms with van der Waals surface area (Å²) < 4.78 is 5.48. The molecule has 1 aliphatic heterocycles. The SMILES string of the molecule is CC=C(C)CC1CCCO1. The first-order valence-corrected chi connectivity index (χ1v) is 4.06. The van der Waals surface area contributed by atoms with Crippen LogP contribution >= 0.6 is 0 Å². The zero-order valence-electron chi connectivity index (χ0n) is 6.89. The third-order valence-electron chi connectivity index (χ3n) is 2.07. The Balaban J connectivity index is 2.24. The van der Waals surface area contributed by atoms with Crippen LogP contribution in [0.3, 0.4) is 0 Å². The highest BCUT2D eigenvalue weighted by molar-refractivity contribution is 4.97. The van der Waals surface area contributed by atoms with Crippen LogP contribution in [0.15, 0.2) is 11.6 Å². The van der Waals surface area contributed by atoms with Gasteiger partial charge in [-0.1, -0.05) is 11.6 Å². The van der Waals surface area contributed by atoms with Gasteiger partial charge in [0.2, 0.25) is 0 Å². The van der Waals surface area contributed by atoms with Crippen LogP contribution in [0, 0.1) is 0 Å². The van der Waals surface area contributed by atoms with E-state index in [-0.39, 0.29) is 0 Å². The van der Waals surface area contributed by atoms with Crippen LogP contribution in [-0.4, -0.2) is 12.7 Å². The van der Waals surface area contributed by atoms with E-state index in [1.807, 2.05) is 0 Å². The second-order valence-corrected chi connectivity index (χ2v) is 2.97. The van der Waals surface area contributed by atoms with Crippen molar-refractivity contribution in [2.75, 3.05) is 6.61 Å². The van der Waals surface area contributed by atoms with E-state index < -0.39 is 0 Å². The lowest BCUT2D eigenvalue weighted by Gasteiger charge is -2.07. The summed E-state index contributed by atoms with van der Waals surface area (Å²) in [4.78, 5) is 0. The molecule has 1 nitrogen and oxygen atoms in total. The van der Waals surface area contributed by atoms with E-state index in [0.717, 1.165) is 13.0 Å². The molecule has 1 saturated heterocycles. The van der Waals surface area contributed by atoms with Crippen molar-refractivity contribution in [2.45, 2.75) is 39.2 Å². The molecule has 0 aromatic rings. The molecule has 1 unspecified atom stereocenters. The third-order valence-corrected chi connectivity index (χ3v) is 2.07. The quantitative estimate of drug-likeness (QED) is 0.535. The summed E-state index contributed by atoms with van der Waals surface area (Å²) in [6, 6.07) is 0. The first-order valence-electron chi connectivity index (χ1n) is 4.06. The predicted octanol–water partition coefficient (Wildman–Crippen LogP) is 2.52. The second-order valence-electron chi connectivity index (χ2n) is 2.97. The van der Waals surface area contributed by atoms with Crippen LogP contribution in [0.5, 0.6) is 0 Å². The number of hydrogen-bond donors (Lipinski definition) is 0. The Kier molecular flexibility index (Phi) is 2.94.